The van der Waals surface area contributed by atoms with Gasteiger partial charge in [-0.15, -0.1) is 0 Å². The zero-order valence-corrected chi connectivity index (χ0v) is 8.08. The highest BCUT2D eigenvalue weighted by atomic mass is 79.9. The van der Waals surface area contributed by atoms with Crippen LogP contribution in [0.3, 0.4) is 0 Å². The number of pyridine rings is 1. The Morgan fingerprint density at radius 1 is 1.67 bits per heavy atom. The Bertz CT molecular complexity index is 289. The molecule has 2 atom stereocenters. The minimum atomic E-state index is 0.324. The zero-order chi connectivity index (χ0) is 8.55. The van der Waals surface area contributed by atoms with E-state index in [1.807, 2.05) is 6.07 Å². The molecule has 12 heavy (non-hydrogen) atoms. The van der Waals surface area contributed by atoms with Crippen LogP contribution >= 0.6 is 15.9 Å². The molecule has 1 saturated carbocycles. The van der Waals surface area contributed by atoms with Gasteiger partial charge in [-0.1, -0.05) is 0 Å². The van der Waals surface area contributed by atoms with Gasteiger partial charge < -0.3 is 11.1 Å². The molecule has 0 amide bonds. The molecule has 1 aliphatic rings. The van der Waals surface area contributed by atoms with E-state index in [1.54, 1.807) is 12.4 Å². The number of nitrogens with one attached hydrogen (secondary N) is 1. The third kappa shape index (κ3) is 1.59. The molecule has 0 saturated heterocycles. The van der Waals surface area contributed by atoms with Gasteiger partial charge in [0.1, 0.15) is 0 Å². The van der Waals surface area contributed by atoms with Crippen molar-refractivity contribution < 1.29 is 0 Å². The lowest BCUT2D eigenvalue weighted by Gasteiger charge is -2.05. The minimum absolute atomic E-state index is 0.324. The Labute approximate surface area is 79.5 Å². The fourth-order valence-electron chi connectivity index (χ4n) is 1.07. The first kappa shape index (κ1) is 8.01. The highest BCUT2D eigenvalue weighted by Crippen LogP contribution is 2.27. The van der Waals surface area contributed by atoms with Gasteiger partial charge in [-0.25, -0.2) is 0 Å². The summed E-state index contributed by atoms with van der Waals surface area (Å²) in [7, 11) is 0. The molecule has 1 aromatic rings. The van der Waals surface area contributed by atoms with Gasteiger partial charge in [-0.05, 0) is 28.4 Å². The second kappa shape index (κ2) is 3.03. The largest absolute Gasteiger partial charge is 0.380 e. The molecule has 4 heteroatoms. The first-order valence-electron chi connectivity index (χ1n) is 3.89. The summed E-state index contributed by atoms with van der Waals surface area (Å²) >= 11 is 3.41. The van der Waals surface area contributed by atoms with Gasteiger partial charge >= 0.3 is 0 Å². The SMILES string of the molecule is NC1CC1Nc1ccncc1Br. The molecule has 64 valence electrons. The van der Waals surface area contributed by atoms with E-state index in [1.165, 1.54) is 0 Å². The first-order valence-corrected chi connectivity index (χ1v) is 4.68. The summed E-state index contributed by atoms with van der Waals surface area (Å²) in [6, 6.07) is 2.71. The van der Waals surface area contributed by atoms with E-state index < -0.39 is 0 Å². The third-order valence-corrected chi connectivity index (χ3v) is 2.59. The summed E-state index contributed by atoms with van der Waals surface area (Å²) in [6.07, 6.45) is 4.60. The molecule has 0 radical (unpaired) electrons. The lowest BCUT2D eigenvalue weighted by Crippen LogP contribution is -2.13. The van der Waals surface area contributed by atoms with Crippen molar-refractivity contribution in [1.29, 1.82) is 0 Å². The van der Waals surface area contributed by atoms with Crippen LogP contribution in [0, 0.1) is 0 Å². The van der Waals surface area contributed by atoms with Crippen LogP contribution in [0.25, 0.3) is 0 Å². The second-order valence-electron chi connectivity index (χ2n) is 3.01. The number of rotatable bonds is 2. The van der Waals surface area contributed by atoms with Crippen LogP contribution in [0.1, 0.15) is 6.42 Å². The van der Waals surface area contributed by atoms with Crippen molar-refractivity contribution in [2.24, 2.45) is 5.73 Å². The molecular formula is C8H10BrN3. The number of halogens is 1. The van der Waals surface area contributed by atoms with Crippen LogP contribution < -0.4 is 11.1 Å². The van der Waals surface area contributed by atoms with Crippen molar-refractivity contribution in [3.05, 3.63) is 22.9 Å². The van der Waals surface area contributed by atoms with Crippen LogP contribution in [0.4, 0.5) is 5.69 Å². The molecule has 2 unspecified atom stereocenters. The van der Waals surface area contributed by atoms with E-state index >= 15 is 0 Å². The summed E-state index contributed by atoms with van der Waals surface area (Å²) in [5.41, 5.74) is 6.74. The number of hydrogen-bond donors (Lipinski definition) is 2. The van der Waals surface area contributed by atoms with Crippen molar-refractivity contribution in [3.8, 4) is 0 Å². The van der Waals surface area contributed by atoms with E-state index in [4.69, 9.17) is 5.73 Å². The molecule has 1 heterocycles. The molecule has 0 spiro atoms. The van der Waals surface area contributed by atoms with Crippen molar-refractivity contribution in [2.45, 2.75) is 18.5 Å². The van der Waals surface area contributed by atoms with Crippen molar-refractivity contribution in [1.82, 2.24) is 4.98 Å². The number of aromatic nitrogens is 1. The predicted octanol–water partition coefficient (Wildman–Crippen LogP) is 1.36. The molecule has 0 aromatic carbocycles. The third-order valence-electron chi connectivity index (χ3n) is 1.95. The average molecular weight is 228 g/mol. The molecule has 0 bridgehead atoms. The molecule has 3 N–H and O–H groups in total. The normalized spacial score (nSPS) is 26.8. The van der Waals surface area contributed by atoms with Crippen LogP contribution in [-0.4, -0.2) is 17.1 Å². The molecule has 0 aliphatic heterocycles. The van der Waals surface area contributed by atoms with Crippen molar-refractivity contribution in [2.75, 3.05) is 5.32 Å². The standard InChI is InChI=1S/C8H10BrN3/c9-5-4-11-2-1-7(5)12-8-3-6(8)10/h1-2,4,6,8H,3,10H2,(H,11,12). The van der Waals surface area contributed by atoms with E-state index in [2.05, 4.69) is 26.2 Å². The van der Waals surface area contributed by atoms with Gasteiger partial charge in [-0.3, -0.25) is 4.98 Å². The fraction of sp³-hybridized carbons (Fsp3) is 0.375. The van der Waals surface area contributed by atoms with Crippen molar-refractivity contribution in [3.63, 3.8) is 0 Å². The summed E-state index contributed by atoms with van der Waals surface area (Å²) in [5.74, 6) is 0. The van der Waals surface area contributed by atoms with Gasteiger partial charge in [0.25, 0.3) is 0 Å². The molecule has 1 fully saturated rings. The maximum absolute atomic E-state index is 5.67. The number of hydrogen-bond acceptors (Lipinski definition) is 3. The highest BCUT2D eigenvalue weighted by Gasteiger charge is 2.33. The molecule has 3 nitrogen and oxygen atoms in total. The number of nitrogens with zero attached hydrogens (tertiary/aromatic N) is 1. The summed E-state index contributed by atoms with van der Waals surface area (Å²) < 4.78 is 0.990. The van der Waals surface area contributed by atoms with Gasteiger partial charge in [0.05, 0.1) is 10.2 Å². The Balaban J connectivity index is 2.08. The van der Waals surface area contributed by atoms with Gasteiger partial charge in [0.15, 0.2) is 0 Å². The van der Waals surface area contributed by atoms with Crippen LogP contribution in [0.5, 0.6) is 0 Å². The summed E-state index contributed by atoms with van der Waals surface area (Å²) in [4.78, 5) is 3.97. The molecule has 1 aromatic heterocycles. The monoisotopic (exact) mass is 227 g/mol. The fourth-order valence-corrected chi connectivity index (χ4v) is 1.44. The Kier molecular flexibility index (Phi) is 2.02. The number of anilines is 1. The second-order valence-corrected chi connectivity index (χ2v) is 3.86. The lowest BCUT2D eigenvalue weighted by molar-refractivity contribution is 1.00. The maximum Gasteiger partial charge on any atom is 0.0590 e. The molecule has 2 rings (SSSR count). The van der Waals surface area contributed by atoms with Gasteiger partial charge in [0, 0.05) is 24.5 Å². The van der Waals surface area contributed by atoms with Gasteiger partial charge in [0.2, 0.25) is 0 Å². The van der Waals surface area contributed by atoms with E-state index in [0.717, 1.165) is 16.6 Å². The lowest BCUT2D eigenvalue weighted by atomic mass is 10.4. The topological polar surface area (TPSA) is 50.9 Å². The Morgan fingerprint density at radius 2 is 2.42 bits per heavy atom. The zero-order valence-electron chi connectivity index (χ0n) is 6.50. The van der Waals surface area contributed by atoms with Gasteiger partial charge in [-0.2, -0.15) is 0 Å². The predicted molar refractivity (Wildman–Crippen MR) is 51.9 cm³/mol. The Morgan fingerprint density at radius 3 is 3.00 bits per heavy atom. The summed E-state index contributed by atoms with van der Waals surface area (Å²) in [6.45, 7) is 0. The molecule has 1 aliphatic carbocycles. The molecular weight excluding hydrogens is 218 g/mol. The summed E-state index contributed by atoms with van der Waals surface area (Å²) in [5, 5.41) is 3.32. The van der Waals surface area contributed by atoms with Crippen molar-refractivity contribution >= 4 is 21.6 Å². The van der Waals surface area contributed by atoms with E-state index in [0.29, 0.717) is 12.1 Å². The average Bonchev–Trinajstić information content (AvgIpc) is 2.72. The Hall–Kier alpha value is -0.610. The van der Waals surface area contributed by atoms with Crippen LogP contribution in [-0.2, 0) is 0 Å². The first-order chi connectivity index (χ1) is 5.77. The minimum Gasteiger partial charge on any atom is -0.380 e. The highest BCUT2D eigenvalue weighted by molar-refractivity contribution is 9.10. The maximum atomic E-state index is 5.67. The van der Waals surface area contributed by atoms with E-state index in [-0.39, 0.29) is 0 Å². The van der Waals surface area contributed by atoms with Crippen LogP contribution in [0.2, 0.25) is 0 Å². The van der Waals surface area contributed by atoms with Crippen LogP contribution in [0.15, 0.2) is 22.9 Å². The quantitative estimate of drug-likeness (QED) is 0.803. The number of nitrogens with two attached hydrogens (primary N) is 1. The smallest absolute Gasteiger partial charge is 0.0590 e. The van der Waals surface area contributed by atoms with E-state index in [9.17, 15) is 0 Å².